The van der Waals surface area contributed by atoms with Gasteiger partial charge >= 0.3 is 0 Å². The second kappa shape index (κ2) is 6.23. The van der Waals surface area contributed by atoms with E-state index in [9.17, 15) is 4.79 Å². The molecule has 4 heteroatoms. The third kappa shape index (κ3) is 3.93. The zero-order valence-electron chi connectivity index (χ0n) is 12.6. The number of nitrogens with one attached hydrogen (secondary N) is 1. The summed E-state index contributed by atoms with van der Waals surface area (Å²) in [5, 5.41) is 3.26. The number of hydrogen-bond acceptors (Lipinski definition) is 3. The lowest BCUT2D eigenvalue weighted by Gasteiger charge is -2.37. The van der Waals surface area contributed by atoms with E-state index >= 15 is 0 Å². The molecule has 4 nitrogen and oxygen atoms in total. The van der Waals surface area contributed by atoms with E-state index in [4.69, 9.17) is 5.73 Å². The summed E-state index contributed by atoms with van der Waals surface area (Å²) in [6.07, 6.45) is 5.06. The van der Waals surface area contributed by atoms with Gasteiger partial charge in [0.25, 0.3) is 0 Å². The van der Waals surface area contributed by atoms with Crippen molar-refractivity contribution < 1.29 is 4.79 Å². The molecule has 5 atom stereocenters. The molecule has 2 rings (SSSR count). The lowest BCUT2D eigenvalue weighted by molar-refractivity contribution is -0.127. The van der Waals surface area contributed by atoms with Crippen LogP contribution >= 0.6 is 0 Å². The Morgan fingerprint density at radius 3 is 2.58 bits per heavy atom. The first-order valence-corrected chi connectivity index (χ1v) is 7.72. The van der Waals surface area contributed by atoms with Gasteiger partial charge in [-0.2, -0.15) is 0 Å². The standard InChI is InChI=1S/C15H29N3O/c1-10-6-12(9-13(16)7-10)15(19)17-14-4-5-18(3)11(2)8-14/h10-14H,4-9,16H2,1-3H3,(H,17,19). The summed E-state index contributed by atoms with van der Waals surface area (Å²) < 4.78 is 0. The van der Waals surface area contributed by atoms with Crippen molar-refractivity contribution in [3.63, 3.8) is 0 Å². The SMILES string of the molecule is CC1CC(N)CC(C(=O)NC2CCN(C)C(C)C2)C1. The molecule has 0 spiro atoms. The highest BCUT2D eigenvalue weighted by atomic mass is 16.1. The van der Waals surface area contributed by atoms with Crippen molar-refractivity contribution in [3.8, 4) is 0 Å². The minimum absolute atomic E-state index is 0.133. The molecule has 0 aromatic heterocycles. The number of piperidine rings is 1. The van der Waals surface area contributed by atoms with Gasteiger partial charge in [-0.1, -0.05) is 6.92 Å². The zero-order chi connectivity index (χ0) is 14.0. The summed E-state index contributed by atoms with van der Waals surface area (Å²) in [5.41, 5.74) is 6.04. The van der Waals surface area contributed by atoms with Crippen LogP contribution in [0, 0.1) is 11.8 Å². The van der Waals surface area contributed by atoms with E-state index in [-0.39, 0.29) is 17.9 Å². The Bertz CT molecular complexity index is 311. The van der Waals surface area contributed by atoms with E-state index in [2.05, 4.69) is 31.1 Å². The average molecular weight is 267 g/mol. The van der Waals surface area contributed by atoms with E-state index in [0.29, 0.717) is 18.0 Å². The molecule has 0 radical (unpaired) electrons. The van der Waals surface area contributed by atoms with Crippen molar-refractivity contribution in [3.05, 3.63) is 0 Å². The largest absolute Gasteiger partial charge is 0.353 e. The van der Waals surface area contributed by atoms with Crippen molar-refractivity contribution in [2.24, 2.45) is 17.6 Å². The van der Waals surface area contributed by atoms with Crippen LogP contribution in [-0.2, 0) is 4.79 Å². The van der Waals surface area contributed by atoms with E-state index < -0.39 is 0 Å². The molecule has 1 heterocycles. The Morgan fingerprint density at radius 1 is 1.21 bits per heavy atom. The van der Waals surface area contributed by atoms with Gasteiger partial charge in [0.15, 0.2) is 0 Å². The monoisotopic (exact) mass is 267 g/mol. The molecule has 1 aliphatic heterocycles. The van der Waals surface area contributed by atoms with Crippen molar-refractivity contribution >= 4 is 5.91 Å². The fourth-order valence-electron chi connectivity index (χ4n) is 3.61. The van der Waals surface area contributed by atoms with Gasteiger partial charge in [0.05, 0.1) is 0 Å². The Hall–Kier alpha value is -0.610. The third-order valence-corrected chi connectivity index (χ3v) is 4.90. The molecular weight excluding hydrogens is 238 g/mol. The van der Waals surface area contributed by atoms with Crippen LogP contribution in [0.3, 0.4) is 0 Å². The molecule has 1 saturated carbocycles. The summed E-state index contributed by atoms with van der Waals surface area (Å²) in [6, 6.07) is 1.12. The molecular formula is C15H29N3O. The highest BCUT2D eigenvalue weighted by molar-refractivity contribution is 5.79. The van der Waals surface area contributed by atoms with Gasteiger partial charge in [-0.25, -0.2) is 0 Å². The van der Waals surface area contributed by atoms with Crippen LogP contribution in [0.4, 0.5) is 0 Å². The molecule has 19 heavy (non-hydrogen) atoms. The number of nitrogens with two attached hydrogens (primary N) is 1. The number of rotatable bonds is 2. The number of nitrogens with zero attached hydrogens (tertiary/aromatic N) is 1. The average Bonchev–Trinajstić information content (AvgIpc) is 2.32. The van der Waals surface area contributed by atoms with Gasteiger partial charge < -0.3 is 16.0 Å². The number of amides is 1. The van der Waals surface area contributed by atoms with E-state index in [0.717, 1.165) is 38.6 Å². The van der Waals surface area contributed by atoms with E-state index in [1.54, 1.807) is 0 Å². The third-order valence-electron chi connectivity index (χ3n) is 4.90. The topological polar surface area (TPSA) is 58.4 Å². The fraction of sp³-hybridized carbons (Fsp3) is 0.933. The van der Waals surface area contributed by atoms with Crippen LogP contribution in [0.25, 0.3) is 0 Å². The molecule has 5 unspecified atom stereocenters. The maximum absolute atomic E-state index is 12.4. The van der Waals surface area contributed by atoms with Crippen molar-refractivity contribution in [1.29, 1.82) is 0 Å². The lowest BCUT2D eigenvalue weighted by atomic mass is 9.79. The van der Waals surface area contributed by atoms with Crippen LogP contribution in [-0.4, -0.2) is 42.5 Å². The summed E-state index contributed by atoms with van der Waals surface area (Å²) in [4.78, 5) is 14.7. The van der Waals surface area contributed by atoms with Crippen LogP contribution in [0.5, 0.6) is 0 Å². The fourth-order valence-corrected chi connectivity index (χ4v) is 3.61. The zero-order valence-corrected chi connectivity index (χ0v) is 12.6. The minimum atomic E-state index is 0.133. The van der Waals surface area contributed by atoms with Crippen molar-refractivity contribution in [1.82, 2.24) is 10.2 Å². The Labute approximate surface area is 117 Å². The maximum atomic E-state index is 12.4. The van der Waals surface area contributed by atoms with Gasteiger partial charge in [-0.15, -0.1) is 0 Å². The molecule has 1 aliphatic carbocycles. The minimum Gasteiger partial charge on any atom is -0.353 e. The number of hydrogen-bond donors (Lipinski definition) is 2. The van der Waals surface area contributed by atoms with Crippen LogP contribution in [0.1, 0.15) is 46.0 Å². The first kappa shape index (κ1) is 14.8. The molecule has 2 aliphatic rings. The van der Waals surface area contributed by atoms with Gasteiger partial charge in [0, 0.05) is 30.6 Å². The second-order valence-corrected chi connectivity index (χ2v) is 6.83. The Balaban J connectivity index is 1.83. The van der Waals surface area contributed by atoms with Crippen LogP contribution < -0.4 is 11.1 Å². The highest BCUT2D eigenvalue weighted by Gasteiger charge is 2.31. The van der Waals surface area contributed by atoms with Gasteiger partial charge in [0.2, 0.25) is 5.91 Å². The number of carbonyl (C=O) groups is 1. The van der Waals surface area contributed by atoms with Crippen molar-refractivity contribution in [2.75, 3.05) is 13.6 Å². The van der Waals surface area contributed by atoms with Crippen molar-refractivity contribution in [2.45, 2.75) is 64.1 Å². The normalized spacial score (nSPS) is 40.9. The summed E-state index contributed by atoms with van der Waals surface area (Å²) in [7, 11) is 2.16. The van der Waals surface area contributed by atoms with Gasteiger partial charge in [-0.05, 0) is 52.0 Å². The van der Waals surface area contributed by atoms with Crippen LogP contribution in [0.2, 0.25) is 0 Å². The molecule has 3 N–H and O–H groups in total. The molecule has 2 fully saturated rings. The van der Waals surface area contributed by atoms with Gasteiger partial charge in [0.1, 0.15) is 0 Å². The molecule has 1 amide bonds. The first-order valence-electron chi connectivity index (χ1n) is 7.72. The summed E-state index contributed by atoms with van der Waals surface area (Å²) >= 11 is 0. The first-order chi connectivity index (χ1) is 8.95. The molecule has 0 aromatic rings. The molecule has 0 aromatic carbocycles. The van der Waals surface area contributed by atoms with E-state index in [1.165, 1.54) is 0 Å². The Morgan fingerprint density at radius 2 is 1.95 bits per heavy atom. The molecule has 1 saturated heterocycles. The number of likely N-dealkylation sites (tertiary alicyclic amines) is 1. The smallest absolute Gasteiger partial charge is 0.223 e. The quantitative estimate of drug-likeness (QED) is 0.794. The number of carbonyl (C=O) groups excluding carboxylic acids is 1. The maximum Gasteiger partial charge on any atom is 0.223 e. The van der Waals surface area contributed by atoms with Crippen LogP contribution in [0.15, 0.2) is 0 Å². The predicted octanol–water partition coefficient (Wildman–Crippen LogP) is 1.35. The Kier molecular flexibility index (Phi) is 4.85. The van der Waals surface area contributed by atoms with E-state index in [1.807, 2.05) is 0 Å². The molecule has 0 bridgehead atoms. The highest BCUT2D eigenvalue weighted by Crippen LogP contribution is 2.28. The predicted molar refractivity (Wildman–Crippen MR) is 77.7 cm³/mol. The molecule has 110 valence electrons. The summed E-state index contributed by atoms with van der Waals surface area (Å²) in [6.45, 7) is 5.51. The lowest BCUT2D eigenvalue weighted by Crippen LogP contribution is -2.49. The second-order valence-electron chi connectivity index (χ2n) is 6.83. The summed E-state index contributed by atoms with van der Waals surface area (Å²) in [5.74, 6) is 0.952. The van der Waals surface area contributed by atoms with Gasteiger partial charge in [-0.3, -0.25) is 4.79 Å².